The van der Waals surface area contributed by atoms with Gasteiger partial charge in [0.25, 0.3) is 0 Å². The highest BCUT2D eigenvalue weighted by Crippen LogP contribution is 2.39. The fraction of sp³-hybridized carbons (Fsp3) is 0.450. The maximum absolute atomic E-state index is 14.7. The number of aromatic amines is 2. The van der Waals surface area contributed by atoms with E-state index in [1.54, 1.807) is 111 Å². The van der Waals surface area contributed by atoms with Crippen LogP contribution in [0.15, 0.2) is 96.1 Å². The van der Waals surface area contributed by atoms with Gasteiger partial charge in [-0.2, -0.15) is 5.10 Å². The summed E-state index contributed by atoms with van der Waals surface area (Å²) in [5.74, 6) is 5.68. The predicted octanol–water partition coefficient (Wildman–Crippen LogP) is 13.2. The van der Waals surface area contributed by atoms with E-state index in [-0.39, 0.29) is 60.8 Å². The van der Waals surface area contributed by atoms with E-state index < -0.39 is 111 Å². The zero-order chi connectivity index (χ0) is 89.7. The van der Waals surface area contributed by atoms with Crippen molar-refractivity contribution >= 4 is 145 Å². The zero-order valence-corrected chi connectivity index (χ0v) is 74.3. The summed E-state index contributed by atoms with van der Waals surface area (Å²) >= 11 is 60.3. The van der Waals surface area contributed by atoms with Gasteiger partial charge < -0.3 is 68.5 Å². The summed E-state index contributed by atoms with van der Waals surface area (Å²) in [6.07, 6.45) is -17.0. The third kappa shape index (κ3) is 27.6. The molecule has 0 aliphatic carbocycles. The number of Topliss-reactive ketones (excluding diaryl/α,β-unsaturated/α-hetero) is 1. The van der Waals surface area contributed by atoms with Crippen LogP contribution in [0.5, 0.6) is 17.6 Å². The van der Waals surface area contributed by atoms with Crippen molar-refractivity contribution in [1.29, 1.82) is 0 Å². The van der Waals surface area contributed by atoms with E-state index >= 15 is 0 Å². The average Bonchev–Trinajstić information content (AvgIpc) is 1.69. The molecule has 7 heterocycles. The normalized spacial score (nSPS) is 23.7. The van der Waals surface area contributed by atoms with Gasteiger partial charge in [0.15, 0.2) is 12.3 Å². The van der Waals surface area contributed by atoms with Crippen LogP contribution in [0.2, 0.25) is 50.2 Å². The molecule has 121 heavy (non-hydrogen) atoms. The van der Waals surface area contributed by atoms with Crippen LogP contribution in [0.4, 0.5) is 13.2 Å². The largest absolute Gasteiger partial charge is 0.465 e. The van der Waals surface area contributed by atoms with E-state index in [4.69, 9.17) is 154 Å². The van der Waals surface area contributed by atoms with Crippen LogP contribution in [-0.4, -0.2) is 197 Å². The first-order valence-corrected chi connectivity index (χ1v) is 41.1. The molecule has 3 fully saturated rings. The van der Waals surface area contributed by atoms with Gasteiger partial charge in [0.05, 0.1) is 25.7 Å². The highest BCUT2D eigenvalue weighted by Gasteiger charge is 2.49. The topological polar surface area (TPSA) is 415 Å². The zero-order valence-electron chi connectivity index (χ0n) is 66.7. The second-order valence-corrected chi connectivity index (χ2v) is 32.5. The van der Waals surface area contributed by atoms with Gasteiger partial charge >= 0.3 is 11.9 Å². The van der Waals surface area contributed by atoms with Crippen molar-refractivity contribution in [3.05, 3.63) is 203 Å². The number of aliphatic hydroxyl groups is 6. The number of hydrogen-bond donors (Lipinski definition) is 11. The van der Waals surface area contributed by atoms with Crippen molar-refractivity contribution in [1.82, 2.24) is 35.6 Å². The average molecular weight is 1890 g/mol. The van der Waals surface area contributed by atoms with Crippen molar-refractivity contribution in [2.45, 2.75) is 175 Å². The molecule has 28 nitrogen and oxygen atoms in total. The van der Waals surface area contributed by atoms with Crippen LogP contribution in [-0.2, 0) is 82.0 Å². The first-order chi connectivity index (χ1) is 57.2. The van der Waals surface area contributed by atoms with Gasteiger partial charge in [-0.05, 0) is 149 Å². The number of ether oxygens (including phenoxy) is 8. The van der Waals surface area contributed by atoms with Crippen LogP contribution in [0.1, 0.15) is 103 Å². The molecule has 0 spiro atoms. The summed E-state index contributed by atoms with van der Waals surface area (Å²) < 4.78 is 87.5. The molecule has 1 amide bonds. The van der Waals surface area contributed by atoms with Crippen molar-refractivity contribution < 1.29 is 101 Å². The standard InChI is InChI=1S/C21H25Cl2FN2O4.C18H21Cl2FN2O5.C17H19Cl2FN2O5.C13H14Cl2O3.C11H10Cl2N2O.H4N2/c1-10-11(2)21(29-18(19(10)24)9-28-13(4)27)30-20-16(12(3)25-26-20)7-14-5-6-15(22)8-17(14)23;1-8-11(5-9-3-4-10(19)6-12(9)20)17(22-23(8)2)28-18-16(26)15(25)14(21)13(7-24)27-18;1-7-10(4-8-2-3-9(18)5-11(8)19)16(22-21-7)27-17-15(25)14(24)13(20)12(6-23)26-17;1-3-18-13(17)11(8(2)16)6-9-4-5-10(14)7-12(9)15;1-6-9(11(16)15-14-6)4-7-2-3-8(12)5-10(7)13;1-2/h5-6,8,10-11,18-19,21H,7,9H2,1-4H3,(H,25,26);3-4,6,13-16,18,24-26H,5,7H2,1-2H3;2-3,5,12-15,17,23-25H,4,6H2,1H3,(H,21,22);4-5,7,11H,3,6H2,1-2H3;2-3,5,9H,4H2,1H3,(H,15,16);1-2H2. The highest BCUT2D eigenvalue weighted by molar-refractivity contribution is 6.37. The van der Waals surface area contributed by atoms with Gasteiger partial charge in [0, 0.05) is 129 Å². The lowest BCUT2D eigenvalue weighted by atomic mass is 9.86. The Hall–Kier alpha value is -6.87. The number of ketones is 1. The molecule has 41 heteroatoms. The number of hydrazine groups is 1. The molecule has 0 saturated carbocycles. The summed E-state index contributed by atoms with van der Waals surface area (Å²) in [7, 11) is 1.72. The Kier molecular flexibility index (Phi) is 39.7. The van der Waals surface area contributed by atoms with E-state index in [0.29, 0.717) is 104 Å². The lowest BCUT2D eigenvalue weighted by Gasteiger charge is -2.40. The summed E-state index contributed by atoms with van der Waals surface area (Å²) in [5.41, 5.74) is 11.7. The molecule has 4 aliphatic rings. The van der Waals surface area contributed by atoms with E-state index in [2.05, 4.69) is 47.7 Å². The van der Waals surface area contributed by atoms with Gasteiger partial charge in [-0.25, -0.2) is 18.6 Å². The number of esters is 2. The van der Waals surface area contributed by atoms with Gasteiger partial charge in [-0.15, -0.1) is 15.3 Å². The van der Waals surface area contributed by atoms with Gasteiger partial charge in [0.1, 0.15) is 67.2 Å². The first kappa shape index (κ1) is 101. The number of nitrogens with two attached hydrogens (primary N) is 2. The predicted molar refractivity (Wildman–Crippen MR) is 452 cm³/mol. The van der Waals surface area contributed by atoms with Gasteiger partial charge in [-0.3, -0.25) is 45.7 Å². The minimum Gasteiger partial charge on any atom is -0.465 e. The Balaban J connectivity index is 0.000000211. The molecule has 662 valence electrons. The summed E-state index contributed by atoms with van der Waals surface area (Å²) in [6, 6.07) is 25.8. The van der Waals surface area contributed by atoms with E-state index in [9.17, 15) is 63.0 Å². The minimum atomic E-state index is -1.93. The van der Waals surface area contributed by atoms with Gasteiger partial charge in [-0.1, -0.05) is 160 Å². The van der Waals surface area contributed by atoms with Crippen molar-refractivity contribution in [2.75, 3.05) is 26.4 Å². The Bertz CT molecular complexity index is 4840. The van der Waals surface area contributed by atoms with Crippen molar-refractivity contribution in [2.24, 2.45) is 47.5 Å². The number of nitrogens with zero attached hydrogens (tertiary/aromatic N) is 5. The SMILES string of the molecule is CC(=O)OCC1OC(Oc2n[nH]c(C)c2Cc2ccc(Cl)cc2Cl)C(C)C(C)C1F.CC1=NNC(=O)C1Cc1ccc(Cl)cc1Cl.CCOC(=O)C(Cc1ccc(Cl)cc1Cl)C(C)=O.Cc1[nH]nc(OC2OC(CO)C(F)C(O)C2O)c1Cc1ccc(Cl)cc1Cl.Cc1c(Cc2ccc(Cl)cc2Cl)c(OC2OC(CO)C(F)C(O)C2O)nn1C.NN. The van der Waals surface area contributed by atoms with Crippen LogP contribution < -0.4 is 31.3 Å². The summed E-state index contributed by atoms with van der Waals surface area (Å²) in [5, 5.41) is 85.6. The molecular formula is C80H93Cl10F3N10O18. The fourth-order valence-corrected chi connectivity index (χ4v) is 14.9. The molecule has 17 unspecified atom stereocenters. The molecule has 3 saturated heterocycles. The van der Waals surface area contributed by atoms with E-state index in [1.165, 1.54) is 13.8 Å². The molecule has 0 radical (unpaired) electrons. The molecule has 8 aromatic rings. The molecule has 0 bridgehead atoms. The number of aromatic nitrogens is 6. The number of aliphatic hydroxyl groups excluding tert-OH is 6. The number of carbonyl (C=O) groups excluding carboxylic acids is 4. The van der Waals surface area contributed by atoms with Crippen molar-refractivity contribution in [3.63, 3.8) is 0 Å². The number of halogens is 13. The smallest absolute Gasteiger partial charge is 0.316 e. The third-order valence-electron chi connectivity index (χ3n) is 19.9. The molecule has 17 atom stereocenters. The van der Waals surface area contributed by atoms with Crippen LogP contribution in [0.3, 0.4) is 0 Å². The lowest BCUT2D eigenvalue weighted by molar-refractivity contribution is -0.266. The van der Waals surface area contributed by atoms with Crippen LogP contribution >= 0.6 is 116 Å². The molecular weight excluding hydrogens is 1800 g/mol. The monoisotopic (exact) mass is 1890 g/mol. The number of aryl methyl sites for hydroxylation is 3. The molecule has 12 rings (SSSR count). The third-order valence-corrected chi connectivity index (χ3v) is 22.8. The lowest BCUT2D eigenvalue weighted by Crippen LogP contribution is -2.58. The number of nitrogens with one attached hydrogen (secondary N) is 3. The fourth-order valence-electron chi connectivity index (χ4n) is 12.5. The highest BCUT2D eigenvalue weighted by atomic mass is 35.5. The van der Waals surface area contributed by atoms with E-state index in [0.717, 1.165) is 44.9 Å². The quantitative estimate of drug-likeness (QED) is 0.0123. The Morgan fingerprint density at radius 1 is 0.537 bits per heavy atom. The first-order valence-electron chi connectivity index (χ1n) is 37.3. The maximum Gasteiger partial charge on any atom is 0.316 e. The maximum atomic E-state index is 14.7. The van der Waals surface area contributed by atoms with Gasteiger partial charge in [0.2, 0.25) is 42.4 Å². The summed E-state index contributed by atoms with van der Waals surface area (Å²) in [4.78, 5) is 45.7. The number of hydrogen-bond acceptors (Lipinski definition) is 24. The second-order valence-electron chi connectivity index (χ2n) is 28.2. The van der Waals surface area contributed by atoms with Crippen molar-refractivity contribution in [3.8, 4) is 17.6 Å². The van der Waals surface area contributed by atoms with Crippen LogP contribution in [0.25, 0.3) is 0 Å². The number of benzene rings is 5. The Morgan fingerprint density at radius 2 is 0.926 bits per heavy atom. The summed E-state index contributed by atoms with van der Waals surface area (Å²) in [6.45, 7) is 14.1. The number of H-pyrrole nitrogens is 2. The number of rotatable bonds is 23. The molecule has 13 N–H and O–H groups in total. The Labute approximate surface area is 745 Å². The Morgan fingerprint density at radius 3 is 1.31 bits per heavy atom. The van der Waals surface area contributed by atoms with E-state index in [1.807, 2.05) is 39.8 Å². The second kappa shape index (κ2) is 47.5. The molecule has 3 aromatic heterocycles. The number of carbonyl (C=O) groups is 4. The number of alkyl halides is 3. The minimum absolute atomic E-state index is 0.0801. The van der Waals surface area contributed by atoms with Crippen LogP contribution in [0, 0.1) is 44.4 Å². The number of hydrazone groups is 1. The molecule has 5 aromatic carbocycles. The number of amides is 1. The molecule has 4 aliphatic heterocycles.